The predicted molar refractivity (Wildman–Crippen MR) is 139 cm³/mol. The van der Waals surface area contributed by atoms with Crippen LogP contribution in [0.25, 0.3) is 11.1 Å². The molecule has 0 bridgehead atoms. The smallest absolute Gasteiger partial charge is 0.321 e. The summed E-state index contributed by atoms with van der Waals surface area (Å²) in [4.78, 5) is 34.1. The number of rotatable bonds is 6. The molecule has 0 aliphatic carbocycles. The van der Waals surface area contributed by atoms with Crippen LogP contribution in [0, 0.1) is 5.92 Å². The molecule has 0 saturated heterocycles. The number of benzene rings is 2. The molecule has 2 heterocycles. The van der Waals surface area contributed by atoms with E-state index >= 15 is 0 Å². The highest BCUT2D eigenvalue weighted by atomic mass is 16.5. The van der Waals surface area contributed by atoms with Crippen LogP contribution >= 0.6 is 0 Å². The number of nitrogens with zero attached hydrogens (tertiary/aromatic N) is 3. The molecule has 0 radical (unpaired) electrons. The Labute approximate surface area is 211 Å². The van der Waals surface area contributed by atoms with Crippen molar-refractivity contribution >= 4 is 17.6 Å². The number of nitrogens with one attached hydrogen (secondary N) is 1. The molecule has 36 heavy (non-hydrogen) atoms. The number of para-hydroxylation sites is 1. The van der Waals surface area contributed by atoms with Gasteiger partial charge in [-0.2, -0.15) is 0 Å². The molecule has 8 heteroatoms. The lowest BCUT2D eigenvalue weighted by Crippen LogP contribution is -2.50. The van der Waals surface area contributed by atoms with Crippen LogP contribution in [0.4, 0.5) is 10.5 Å². The van der Waals surface area contributed by atoms with Crippen molar-refractivity contribution in [2.75, 3.05) is 32.1 Å². The number of carbonyl (C=O) groups excluding carboxylic acids is 2. The second kappa shape index (κ2) is 11.2. The number of pyridine rings is 1. The van der Waals surface area contributed by atoms with Crippen molar-refractivity contribution in [1.29, 1.82) is 0 Å². The number of hydrogen-bond acceptors (Lipinski definition) is 5. The van der Waals surface area contributed by atoms with Gasteiger partial charge >= 0.3 is 6.03 Å². The molecule has 8 nitrogen and oxygen atoms in total. The third kappa shape index (κ3) is 5.66. The first kappa shape index (κ1) is 25.2. The van der Waals surface area contributed by atoms with Gasteiger partial charge in [0, 0.05) is 37.0 Å². The highest BCUT2D eigenvalue weighted by Gasteiger charge is 2.34. The van der Waals surface area contributed by atoms with E-state index < -0.39 is 6.10 Å². The van der Waals surface area contributed by atoms with Crippen molar-refractivity contribution in [3.05, 3.63) is 78.5 Å². The Morgan fingerprint density at radius 1 is 1.17 bits per heavy atom. The van der Waals surface area contributed by atoms with Gasteiger partial charge in [-0.25, -0.2) is 9.78 Å². The van der Waals surface area contributed by atoms with Crippen LogP contribution < -0.4 is 10.1 Å². The molecule has 0 unspecified atom stereocenters. The molecule has 188 valence electrons. The molecular weight excluding hydrogens is 456 g/mol. The average molecular weight is 489 g/mol. The van der Waals surface area contributed by atoms with Crippen LogP contribution in [0.2, 0.25) is 0 Å². The van der Waals surface area contributed by atoms with E-state index in [1.807, 2.05) is 74.5 Å². The molecule has 3 aromatic rings. The summed E-state index contributed by atoms with van der Waals surface area (Å²) in [6.07, 6.45) is 1.27. The number of likely N-dealkylation sites (N-methyl/N-ethyl adjacent to an activating group) is 1. The standard InChI is InChI=1S/C28H32N4O4/c1-19-16-32(20(2)18-33)27(34)24-14-22(21-10-6-4-7-11-21)15-29-26(24)36-25(19)17-31(3)28(35)30-23-12-8-5-9-13-23/h4-15,19-20,25,33H,16-18H2,1-3H3,(H,30,35)/t19-,20+,25-/m0/s1. The van der Waals surface area contributed by atoms with Gasteiger partial charge in [-0.05, 0) is 30.7 Å². The van der Waals surface area contributed by atoms with E-state index in [1.54, 1.807) is 29.1 Å². The molecule has 1 aromatic heterocycles. The summed E-state index contributed by atoms with van der Waals surface area (Å²) in [7, 11) is 1.71. The minimum atomic E-state index is -0.424. The van der Waals surface area contributed by atoms with Gasteiger partial charge in [0.2, 0.25) is 5.88 Å². The van der Waals surface area contributed by atoms with Crippen LogP contribution in [-0.2, 0) is 0 Å². The second-order valence-electron chi connectivity index (χ2n) is 9.24. The number of aliphatic hydroxyl groups excluding tert-OH is 1. The van der Waals surface area contributed by atoms with Crippen LogP contribution in [0.5, 0.6) is 5.88 Å². The molecule has 2 aromatic carbocycles. The lowest BCUT2D eigenvalue weighted by molar-refractivity contribution is 0.0356. The topological polar surface area (TPSA) is 95.0 Å². The number of aromatic nitrogens is 1. The molecule has 0 saturated carbocycles. The number of amides is 3. The van der Waals surface area contributed by atoms with Gasteiger partial charge in [-0.1, -0.05) is 55.5 Å². The Morgan fingerprint density at radius 3 is 2.50 bits per heavy atom. The Hall–Kier alpha value is -3.91. The first-order valence-electron chi connectivity index (χ1n) is 12.1. The molecule has 0 spiro atoms. The van der Waals surface area contributed by atoms with Crippen LogP contribution in [0.1, 0.15) is 24.2 Å². The first-order chi connectivity index (χ1) is 17.4. The van der Waals surface area contributed by atoms with E-state index in [1.165, 1.54) is 0 Å². The van der Waals surface area contributed by atoms with Crippen LogP contribution in [0.15, 0.2) is 72.9 Å². The Bertz CT molecular complexity index is 1190. The Morgan fingerprint density at radius 2 is 1.83 bits per heavy atom. The number of aliphatic hydroxyl groups is 1. The molecule has 3 atom stereocenters. The fourth-order valence-electron chi connectivity index (χ4n) is 4.20. The number of ether oxygens (including phenoxy) is 1. The van der Waals surface area contributed by atoms with E-state index in [9.17, 15) is 14.7 Å². The Balaban J connectivity index is 1.62. The zero-order valence-electron chi connectivity index (χ0n) is 20.8. The van der Waals surface area contributed by atoms with Gasteiger partial charge in [0.1, 0.15) is 11.7 Å². The minimum absolute atomic E-state index is 0.126. The molecular formula is C28H32N4O4. The lowest BCUT2D eigenvalue weighted by Gasteiger charge is -2.37. The van der Waals surface area contributed by atoms with Crippen molar-refractivity contribution in [2.45, 2.75) is 26.0 Å². The van der Waals surface area contributed by atoms with Crippen molar-refractivity contribution < 1.29 is 19.4 Å². The predicted octanol–water partition coefficient (Wildman–Crippen LogP) is 4.13. The van der Waals surface area contributed by atoms with E-state index in [2.05, 4.69) is 10.3 Å². The summed E-state index contributed by atoms with van der Waals surface area (Å²) in [5, 5.41) is 12.7. The number of urea groups is 1. The molecule has 1 aliphatic heterocycles. The quantitative estimate of drug-likeness (QED) is 0.544. The maximum absolute atomic E-state index is 13.6. The molecule has 1 aliphatic rings. The van der Waals surface area contributed by atoms with E-state index in [0.29, 0.717) is 17.8 Å². The maximum atomic E-state index is 13.6. The SMILES string of the molecule is C[C@H](CO)N1C[C@H](C)[C@H](CN(C)C(=O)Nc2ccccc2)Oc2ncc(-c3ccccc3)cc2C1=O. The van der Waals surface area contributed by atoms with Gasteiger partial charge in [0.05, 0.1) is 19.2 Å². The third-order valence-corrected chi connectivity index (χ3v) is 6.45. The monoisotopic (exact) mass is 488 g/mol. The molecule has 3 amide bonds. The van der Waals surface area contributed by atoms with Gasteiger partial charge < -0.3 is 25.0 Å². The molecule has 4 rings (SSSR count). The lowest BCUT2D eigenvalue weighted by atomic mass is 9.99. The number of anilines is 1. The van der Waals surface area contributed by atoms with Crippen molar-refractivity contribution in [3.8, 4) is 17.0 Å². The van der Waals surface area contributed by atoms with Gasteiger partial charge in [-0.3, -0.25) is 4.79 Å². The summed E-state index contributed by atoms with van der Waals surface area (Å²) in [6, 6.07) is 20.1. The van der Waals surface area contributed by atoms with Gasteiger partial charge in [-0.15, -0.1) is 0 Å². The van der Waals surface area contributed by atoms with Crippen molar-refractivity contribution in [2.24, 2.45) is 5.92 Å². The fraction of sp³-hybridized carbons (Fsp3) is 0.321. The highest BCUT2D eigenvalue weighted by Crippen LogP contribution is 2.30. The first-order valence-corrected chi connectivity index (χ1v) is 12.1. The third-order valence-electron chi connectivity index (χ3n) is 6.45. The fourth-order valence-corrected chi connectivity index (χ4v) is 4.20. The van der Waals surface area contributed by atoms with E-state index in [4.69, 9.17) is 4.74 Å². The largest absolute Gasteiger partial charge is 0.472 e. The summed E-state index contributed by atoms with van der Waals surface area (Å²) in [5.41, 5.74) is 2.78. The number of hydrogen-bond donors (Lipinski definition) is 2. The Kier molecular flexibility index (Phi) is 7.85. The molecule has 0 fully saturated rings. The van der Waals surface area contributed by atoms with E-state index in [-0.39, 0.29) is 42.9 Å². The minimum Gasteiger partial charge on any atom is -0.472 e. The molecule has 2 N–H and O–H groups in total. The summed E-state index contributed by atoms with van der Waals surface area (Å²) in [5.74, 6) is -0.140. The van der Waals surface area contributed by atoms with Crippen LogP contribution in [0.3, 0.4) is 0 Å². The maximum Gasteiger partial charge on any atom is 0.321 e. The summed E-state index contributed by atoms with van der Waals surface area (Å²) in [6.45, 7) is 4.28. The van der Waals surface area contributed by atoms with Crippen molar-refractivity contribution in [1.82, 2.24) is 14.8 Å². The zero-order valence-corrected chi connectivity index (χ0v) is 20.8. The van der Waals surface area contributed by atoms with Gasteiger partial charge in [0.25, 0.3) is 5.91 Å². The van der Waals surface area contributed by atoms with E-state index in [0.717, 1.165) is 11.1 Å². The second-order valence-corrected chi connectivity index (χ2v) is 9.24. The highest BCUT2D eigenvalue weighted by molar-refractivity contribution is 5.98. The number of fused-ring (bicyclic) bond motifs is 1. The zero-order chi connectivity index (χ0) is 25.7. The van der Waals surface area contributed by atoms with Gasteiger partial charge in [0.15, 0.2) is 0 Å². The van der Waals surface area contributed by atoms with Crippen LogP contribution in [-0.4, -0.2) is 70.7 Å². The summed E-state index contributed by atoms with van der Waals surface area (Å²) >= 11 is 0. The summed E-state index contributed by atoms with van der Waals surface area (Å²) < 4.78 is 6.30. The van der Waals surface area contributed by atoms with Crippen molar-refractivity contribution in [3.63, 3.8) is 0 Å². The number of carbonyl (C=O) groups is 2. The average Bonchev–Trinajstić information content (AvgIpc) is 2.91. The normalized spacial score (nSPS) is 18.3.